The Kier molecular flexibility index (Phi) is 6.11. The summed E-state index contributed by atoms with van der Waals surface area (Å²) >= 11 is 11.5. The Bertz CT molecular complexity index is 1150. The highest BCUT2D eigenvalue weighted by molar-refractivity contribution is 7.80. The molecule has 0 unspecified atom stereocenters. The Hall–Kier alpha value is -3.16. The summed E-state index contributed by atoms with van der Waals surface area (Å²) in [5.41, 5.74) is 4.13. The van der Waals surface area contributed by atoms with Gasteiger partial charge in [-0.25, -0.2) is 0 Å². The lowest BCUT2D eigenvalue weighted by atomic mass is 10.2. The van der Waals surface area contributed by atoms with Gasteiger partial charge in [-0.05, 0) is 42.4 Å². The van der Waals surface area contributed by atoms with Crippen molar-refractivity contribution in [1.82, 2.24) is 19.6 Å². The van der Waals surface area contributed by atoms with Crippen molar-refractivity contribution in [2.24, 2.45) is 0 Å². The predicted octanol–water partition coefficient (Wildman–Crippen LogP) is 4.95. The second-order valence-electron chi connectivity index (χ2n) is 6.95. The molecule has 0 amide bonds. The molecule has 0 spiro atoms. The van der Waals surface area contributed by atoms with Crippen LogP contribution in [0.3, 0.4) is 0 Å². The van der Waals surface area contributed by atoms with Crippen LogP contribution < -0.4 is 10.6 Å². The molecule has 0 bridgehead atoms. The average Bonchev–Trinajstić information content (AvgIpc) is 3.28. The first-order valence-electron chi connectivity index (χ1n) is 9.48. The lowest BCUT2D eigenvalue weighted by molar-refractivity contribution is 0.668. The van der Waals surface area contributed by atoms with Crippen molar-refractivity contribution < 1.29 is 0 Å². The molecule has 0 atom stereocenters. The van der Waals surface area contributed by atoms with E-state index in [0.717, 1.165) is 16.9 Å². The fraction of sp³-hybridized carbons (Fsp3) is 0.136. The third-order valence-corrected chi connectivity index (χ3v) is 4.96. The molecule has 0 saturated carbocycles. The Morgan fingerprint density at radius 1 is 1.00 bits per heavy atom. The Morgan fingerprint density at radius 3 is 2.60 bits per heavy atom. The van der Waals surface area contributed by atoms with E-state index in [-0.39, 0.29) is 0 Å². The number of aryl methyl sites for hydroxylation is 1. The zero-order valence-corrected chi connectivity index (χ0v) is 18.0. The van der Waals surface area contributed by atoms with Gasteiger partial charge in [0.2, 0.25) is 0 Å². The van der Waals surface area contributed by atoms with Gasteiger partial charge in [-0.3, -0.25) is 9.36 Å². The van der Waals surface area contributed by atoms with E-state index < -0.39 is 0 Å². The number of anilines is 2. The van der Waals surface area contributed by atoms with Crippen molar-refractivity contribution in [3.05, 3.63) is 94.9 Å². The third-order valence-electron chi connectivity index (χ3n) is 4.52. The lowest BCUT2D eigenvalue weighted by Crippen LogP contribution is -2.19. The van der Waals surface area contributed by atoms with E-state index in [2.05, 4.69) is 33.0 Å². The number of halogens is 1. The first kappa shape index (κ1) is 20.1. The van der Waals surface area contributed by atoms with Crippen LogP contribution in [0.4, 0.5) is 11.5 Å². The number of hydrogen-bond acceptors (Lipinski definition) is 3. The molecule has 0 aliphatic rings. The maximum atomic E-state index is 6.05. The maximum Gasteiger partial charge on any atom is 0.176 e. The maximum absolute atomic E-state index is 6.05. The van der Waals surface area contributed by atoms with Crippen molar-refractivity contribution in [2.75, 3.05) is 10.6 Å². The van der Waals surface area contributed by atoms with Gasteiger partial charge in [0.15, 0.2) is 10.9 Å². The van der Waals surface area contributed by atoms with Gasteiger partial charge in [0.05, 0.1) is 25.0 Å². The van der Waals surface area contributed by atoms with Gasteiger partial charge in [0.1, 0.15) is 0 Å². The van der Waals surface area contributed by atoms with E-state index in [1.54, 1.807) is 6.20 Å². The van der Waals surface area contributed by atoms with Crippen LogP contribution in [0.15, 0.2) is 73.1 Å². The number of nitrogens with one attached hydrogen (secondary N) is 2. The monoisotopic (exact) mass is 436 g/mol. The minimum Gasteiger partial charge on any atom is -0.330 e. The molecule has 4 rings (SSSR count). The van der Waals surface area contributed by atoms with Crippen molar-refractivity contribution in [3.8, 4) is 0 Å². The molecule has 2 aromatic carbocycles. The highest BCUT2D eigenvalue weighted by Crippen LogP contribution is 2.14. The van der Waals surface area contributed by atoms with Gasteiger partial charge in [0, 0.05) is 23.0 Å². The zero-order chi connectivity index (χ0) is 20.9. The Balaban J connectivity index is 1.35. The number of nitrogens with zero attached hydrogens (tertiary/aromatic N) is 4. The van der Waals surface area contributed by atoms with Crippen molar-refractivity contribution in [2.45, 2.75) is 20.0 Å². The van der Waals surface area contributed by atoms with Crippen molar-refractivity contribution >= 4 is 40.4 Å². The molecule has 30 heavy (non-hydrogen) atoms. The second kappa shape index (κ2) is 9.11. The van der Waals surface area contributed by atoms with Gasteiger partial charge < -0.3 is 10.6 Å². The SMILES string of the molecule is Cc1cc(NC(=S)Nc2cnn(Cc3cccc(Cl)c3)c2)nn1Cc1ccccc1. The molecule has 0 radical (unpaired) electrons. The molecular formula is C22H21ClN6S. The highest BCUT2D eigenvalue weighted by atomic mass is 35.5. The summed E-state index contributed by atoms with van der Waals surface area (Å²) in [6.45, 7) is 3.37. The Morgan fingerprint density at radius 2 is 1.80 bits per heavy atom. The minimum atomic E-state index is 0.460. The van der Waals surface area contributed by atoms with Crippen LogP contribution in [0.25, 0.3) is 0 Å². The molecule has 0 aliphatic heterocycles. The summed E-state index contributed by atoms with van der Waals surface area (Å²) in [5, 5.41) is 16.4. The highest BCUT2D eigenvalue weighted by Gasteiger charge is 2.08. The molecule has 4 aromatic rings. The van der Waals surface area contributed by atoms with E-state index in [9.17, 15) is 0 Å². The van der Waals surface area contributed by atoms with E-state index in [1.165, 1.54) is 5.56 Å². The van der Waals surface area contributed by atoms with Crippen LogP contribution in [0, 0.1) is 6.92 Å². The van der Waals surface area contributed by atoms with E-state index in [0.29, 0.717) is 29.0 Å². The van der Waals surface area contributed by atoms with Crippen molar-refractivity contribution in [3.63, 3.8) is 0 Å². The fourth-order valence-electron chi connectivity index (χ4n) is 3.10. The lowest BCUT2D eigenvalue weighted by Gasteiger charge is -2.07. The normalized spacial score (nSPS) is 10.7. The Labute approximate surface area is 185 Å². The predicted molar refractivity (Wildman–Crippen MR) is 125 cm³/mol. The van der Waals surface area contributed by atoms with Gasteiger partial charge in [0.25, 0.3) is 0 Å². The molecule has 2 aromatic heterocycles. The number of aromatic nitrogens is 4. The van der Waals surface area contributed by atoms with Crippen LogP contribution in [-0.2, 0) is 13.1 Å². The molecule has 0 aliphatic carbocycles. The van der Waals surface area contributed by atoms with E-state index in [4.69, 9.17) is 23.8 Å². The number of thiocarbonyl (C=S) groups is 1. The van der Waals surface area contributed by atoms with Gasteiger partial charge in [-0.15, -0.1) is 0 Å². The summed E-state index contributed by atoms with van der Waals surface area (Å²) in [6.07, 6.45) is 3.63. The smallest absolute Gasteiger partial charge is 0.176 e. The summed E-state index contributed by atoms with van der Waals surface area (Å²) in [4.78, 5) is 0. The molecule has 6 nitrogen and oxygen atoms in total. The van der Waals surface area contributed by atoms with E-state index >= 15 is 0 Å². The van der Waals surface area contributed by atoms with Crippen LogP contribution in [0.1, 0.15) is 16.8 Å². The topological polar surface area (TPSA) is 59.7 Å². The number of hydrogen-bond donors (Lipinski definition) is 2. The summed E-state index contributed by atoms with van der Waals surface area (Å²) < 4.78 is 3.78. The standard InChI is InChI=1S/C22H21ClN6S/c1-16-10-21(27-29(16)14-17-6-3-2-4-7-17)26-22(30)25-20-12-24-28(15-20)13-18-8-5-9-19(23)11-18/h2-12,15H,13-14H2,1H3,(H2,25,26,27,30). The average molecular weight is 437 g/mol. The molecule has 152 valence electrons. The summed E-state index contributed by atoms with van der Waals surface area (Å²) in [7, 11) is 0. The van der Waals surface area contributed by atoms with Gasteiger partial charge in [-0.1, -0.05) is 54.1 Å². The van der Waals surface area contributed by atoms with Gasteiger partial charge in [-0.2, -0.15) is 10.2 Å². The second-order valence-corrected chi connectivity index (χ2v) is 7.79. The molecule has 0 saturated heterocycles. The van der Waals surface area contributed by atoms with Crippen LogP contribution >= 0.6 is 23.8 Å². The number of rotatable bonds is 6. The van der Waals surface area contributed by atoms with Crippen LogP contribution in [0.5, 0.6) is 0 Å². The van der Waals surface area contributed by atoms with Crippen LogP contribution in [0.2, 0.25) is 5.02 Å². The first-order valence-corrected chi connectivity index (χ1v) is 10.3. The largest absolute Gasteiger partial charge is 0.330 e. The number of benzene rings is 2. The van der Waals surface area contributed by atoms with Gasteiger partial charge >= 0.3 is 0 Å². The molecule has 2 N–H and O–H groups in total. The first-order chi connectivity index (χ1) is 14.5. The fourth-order valence-corrected chi connectivity index (χ4v) is 3.54. The minimum absolute atomic E-state index is 0.460. The quantitative estimate of drug-likeness (QED) is 0.419. The van der Waals surface area contributed by atoms with E-state index in [1.807, 2.05) is 71.0 Å². The molecule has 2 heterocycles. The third kappa shape index (κ3) is 5.25. The summed E-state index contributed by atoms with van der Waals surface area (Å²) in [6, 6.07) is 19.9. The molecule has 8 heteroatoms. The molecular weight excluding hydrogens is 416 g/mol. The zero-order valence-electron chi connectivity index (χ0n) is 16.4. The summed E-state index contributed by atoms with van der Waals surface area (Å²) in [5.74, 6) is 0.701. The van der Waals surface area contributed by atoms with Crippen LogP contribution in [-0.4, -0.2) is 24.7 Å². The van der Waals surface area contributed by atoms with Crippen molar-refractivity contribution in [1.29, 1.82) is 0 Å². The molecule has 0 fully saturated rings.